The Balaban J connectivity index is 2.16. The smallest absolute Gasteiger partial charge is 0.426 e. The number of fused-ring (bicyclic) bond motifs is 1. The van der Waals surface area contributed by atoms with Crippen molar-refractivity contribution < 1.29 is 22.7 Å². The number of thiazole rings is 1. The van der Waals surface area contributed by atoms with Gasteiger partial charge >= 0.3 is 12.1 Å². The van der Waals surface area contributed by atoms with E-state index in [9.17, 15) is 18.0 Å². The number of hydrogen-bond donors (Lipinski definition) is 1. The summed E-state index contributed by atoms with van der Waals surface area (Å²) in [6, 6.07) is 1.41. The number of hydrogen-bond acceptors (Lipinski definition) is 5. The molecule has 0 radical (unpaired) electrons. The van der Waals surface area contributed by atoms with Gasteiger partial charge in [-0.3, -0.25) is 0 Å². The summed E-state index contributed by atoms with van der Waals surface area (Å²) in [5, 5.41) is 1.49. The van der Waals surface area contributed by atoms with Crippen molar-refractivity contribution in [2.75, 3.05) is 7.11 Å². The van der Waals surface area contributed by atoms with Gasteiger partial charge in [-0.15, -0.1) is 22.7 Å². The number of esters is 1. The quantitative estimate of drug-likeness (QED) is 0.717. The number of halogens is 3. The predicted molar refractivity (Wildman–Crippen MR) is 73.6 cm³/mol. The van der Waals surface area contributed by atoms with Crippen LogP contribution >= 0.6 is 22.7 Å². The minimum absolute atomic E-state index is 0.0822. The van der Waals surface area contributed by atoms with Gasteiger partial charge in [-0.25, -0.2) is 9.78 Å². The van der Waals surface area contributed by atoms with Crippen LogP contribution in [0.4, 0.5) is 13.2 Å². The summed E-state index contributed by atoms with van der Waals surface area (Å²) >= 11 is 1.64. The maximum atomic E-state index is 13.0. The number of thiophene rings is 1. The molecule has 0 spiro atoms. The highest BCUT2D eigenvalue weighted by Crippen LogP contribution is 2.43. The summed E-state index contributed by atoms with van der Waals surface area (Å²) in [6.45, 7) is 0. The SMILES string of the molecule is COC(=O)c1nc2[nH]cc(-c3ccsc3C(F)(F)F)c2s1. The number of ether oxygens (including phenoxy) is 1. The van der Waals surface area contributed by atoms with Crippen LogP contribution in [0.5, 0.6) is 0 Å². The molecule has 0 bridgehead atoms. The summed E-state index contributed by atoms with van der Waals surface area (Å²) in [4.78, 5) is 17.6. The molecule has 0 saturated carbocycles. The number of aromatic amines is 1. The van der Waals surface area contributed by atoms with E-state index < -0.39 is 17.0 Å². The summed E-state index contributed by atoms with van der Waals surface area (Å²) < 4.78 is 44.0. The number of nitrogens with zero attached hydrogens (tertiary/aromatic N) is 1. The molecule has 0 aliphatic heterocycles. The van der Waals surface area contributed by atoms with E-state index in [0.29, 0.717) is 27.2 Å². The minimum atomic E-state index is -4.41. The molecule has 3 heterocycles. The van der Waals surface area contributed by atoms with Gasteiger partial charge in [-0.2, -0.15) is 13.2 Å². The average molecular weight is 332 g/mol. The lowest BCUT2D eigenvalue weighted by Crippen LogP contribution is -2.03. The number of alkyl halides is 3. The van der Waals surface area contributed by atoms with E-state index in [1.807, 2.05) is 0 Å². The van der Waals surface area contributed by atoms with E-state index >= 15 is 0 Å². The fourth-order valence-corrected chi connectivity index (χ4v) is 3.68. The molecule has 0 aliphatic carbocycles. The highest BCUT2D eigenvalue weighted by atomic mass is 32.1. The van der Waals surface area contributed by atoms with Crippen LogP contribution in [0.1, 0.15) is 14.7 Å². The molecule has 0 aliphatic rings. The molecule has 3 aromatic rings. The number of methoxy groups -OCH3 is 1. The van der Waals surface area contributed by atoms with Crippen molar-refractivity contribution in [2.45, 2.75) is 6.18 Å². The fraction of sp³-hybridized carbons (Fsp3) is 0.167. The predicted octanol–water partition coefficient (Wildman–Crippen LogP) is 4.16. The molecule has 3 rings (SSSR count). The fourth-order valence-electron chi connectivity index (χ4n) is 1.92. The van der Waals surface area contributed by atoms with Crippen molar-refractivity contribution in [1.29, 1.82) is 0 Å². The standard InChI is InChI=1S/C12H7F3N2O2S2/c1-19-11(18)10-17-9-7(21-10)6(4-16-9)5-2-3-20-8(5)12(13,14)15/h2-4,16H,1H3. The third-order valence-corrected chi connectivity index (χ3v) is 4.83. The highest BCUT2D eigenvalue weighted by Gasteiger charge is 2.36. The van der Waals surface area contributed by atoms with Gasteiger partial charge in [0.05, 0.1) is 11.8 Å². The maximum Gasteiger partial charge on any atom is 0.426 e. The van der Waals surface area contributed by atoms with Crippen molar-refractivity contribution in [3.63, 3.8) is 0 Å². The van der Waals surface area contributed by atoms with E-state index in [1.54, 1.807) is 0 Å². The van der Waals surface area contributed by atoms with Crippen LogP contribution in [0.15, 0.2) is 17.6 Å². The van der Waals surface area contributed by atoms with Crippen LogP contribution in [0.2, 0.25) is 0 Å². The average Bonchev–Trinajstić information content (AvgIpc) is 3.10. The lowest BCUT2D eigenvalue weighted by Gasteiger charge is -2.06. The van der Waals surface area contributed by atoms with Gasteiger partial charge in [-0.1, -0.05) is 0 Å². The van der Waals surface area contributed by atoms with Gasteiger partial charge in [0.25, 0.3) is 0 Å². The Kier molecular flexibility index (Phi) is 3.25. The van der Waals surface area contributed by atoms with Gasteiger partial charge < -0.3 is 9.72 Å². The molecule has 110 valence electrons. The molecule has 0 saturated heterocycles. The Labute approximate surface area is 124 Å². The van der Waals surface area contributed by atoms with Crippen LogP contribution in [-0.4, -0.2) is 23.0 Å². The second kappa shape index (κ2) is 4.85. The van der Waals surface area contributed by atoms with E-state index in [1.165, 1.54) is 24.8 Å². The van der Waals surface area contributed by atoms with Gasteiger partial charge in [-0.05, 0) is 11.4 Å². The van der Waals surface area contributed by atoms with Crippen molar-refractivity contribution in [3.05, 3.63) is 27.5 Å². The first kappa shape index (κ1) is 14.1. The Morgan fingerprint density at radius 3 is 2.81 bits per heavy atom. The summed E-state index contributed by atoms with van der Waals surface area (Å²) in [5.74, 6) is -0.614. The van der Waals surface area contributed by atoms with E-state index in [-0.39, 0.29) is 10.6 Å². The molecule has 0 fully saturated rings. The van der Waals surface area contributed by atoms with Crippen LogP contribution in [0.3, 0.4) is 0 Å². The van der Waals surface area contributed by atoms with Gasteiger partial charge in [0.2, 0.25) is 5.01 Å². The first-order valence-electron chi connectivity index (χ1n) is 5.63. The molecule has 9 heteroatoms. The van der Waals surface area contributed by atoms with Crippen LogP contribution in [0.25, 0.3) is 21.5 Å². The monoisotopic (exact) mass is 332 g/mol. The molecule has 0 amide bonds. The largest absolute Gasteiger partial charge is 0.464 e. The Bertz CT molecular complexity index is 816. The molecule has 21 heavy (non-hydrogen) atoms. The van der Waals surface area contributed by atoms with Crippen LogP contribution < -0.4 is 0 Å². The zero-order valence-corrected chi connectivity index (χ0v) is 12.1. The molecule has 3 aromatic heterocycles. The Hall–Kier alpha value is -1.87. The van der Waals surface area contributed by atoms with E-state index in [0.717, 1.165) is 11.3 Å². The third kappa shape index (κ3) is 2.32. The number of rotatable bonds is 2. The molecule has 4 nitrogen and oxygen atoms in total. The number of carbonyl (C=O) groups excluding carboxylic acids is 1. The van der Waals surface area contributed by atoms with Crippen molar-refractivity contribution in [3.8, 4) is 11.1 Å². The lowest BCUT2D eigenvalue weighted by atomic mass is 10.1. The van der Waals surface area contributed by atoms with Gasteiger partial charge in [0, 0.05) is 17.3 Å². The molecule has 1 N–H and O–H groups in total. The minimum Gasteiger partial charge on any atom is -0.464 e. The van der Waals surface area contributed by atoms with E-state index in [2.05, 4.69) is 14.7 Å². The Morgan fingerprint density at radius 1 is 1.38 bits per heavy atom. The highest BCUT2D eigenvalue weighted by molar-refractivity contribution is 7.20. The first-order valence-corrected chi connectivity index (χ1v) is 7.32. The van der Waals surface area contributed by atoms with Crippen LogP contribution in [0, 0.1) is 0 Å². The summed E-state index contributed by atoms with van der Waals surface area (Å²) in [5.41, 5.74) is 0.833. The zero-order valence-electron chi connectivity index (χ0n) is 10.4. The summed E-state index contributed by atoms with van der Waals surface area (Å²) in [7, 11) is 1.22. The Morgan fingerprint density at radius 2 is 2.14 bits per heavy atom. The van der Waals surface area contributed by atoms with E-state index in [4.69, 9.17) is 0 Å². The zero-order chi connectivity index (χ0) is 15.2. The van der Waals surface area contributed by atoms with Crippen molar-refractivity contribution >= 4 is 39.0 Å². The lowest BCUT2D eigenvalue weighted by molar-refractivity contribution is -0.133. The molecular formula is C12H7F3N2O2S2. The molecule has 0 atom stereocenters. The number of aromatic nitrogens is 2. The second-order valence-electron chi connectivity index (χ2n) is 4.05. The number of carbonyl (C=O) groups is 1. The molecule has 0 unspecified atom stereocenters. The maximum absolute atomic E-state index is 13.0. The normalized spacial score (nSPS) is 12.0. The number of nitrogens with one attached hydrogen (secondary N) is 1. The number of H-pyrrole nitrogens is 1. The molecular weight excluding hydrogens is 325 g/mol. The van der Waals surface area contributed by atoms with Crippen molar-refractivity contribution in [1.82, 2.24) is 9.97 Å². The van der Waals surface area contributed by atoms with Gasteiger partial charge in [0.1, 0.15) is 10.5 Å². The third-order valence-electron chi connectivity index (χ3n) is 2.80. The van der Waals surface area contributed by atoms with Gasteiger partial charge in [0.15, 0.2) is 0 Å². The van der Waals surface area contributed by atoms with Crippen molar-refractivity contribution in [2.24, 2.45) is 0 Å². The summed E-state index contributed by atoms with van der Waals surface area (Å²) in [6.07, 6.45) is -2.95. The van der Waals surface area contributed by atoms with Crippen LogP contribution in [-0.2, 0) is 10.9 Å². The second-order valence-corrected chi connectivity index (χ2v) is 5.97. The first-order chi connectivity index (χ1) is 9.91. The topological polar surface area (TPSA) is 55.0 Å². The molecule has 0 aromatic carbocycles.